The van der Waals surface area contributed by atoms with Gasteiger partial charge in [0.2, 0.25) is 0 Å². The van der Waals surface area contributed by atoms with Gasteiger partial charge in [0.1, 0.15) is 0 Å². The fourth-order valence-electron chi connectivity index (χ4n) is 8.40. The number of benzene rings is 4. The summed E-state index contributed by atoms with van der Waals surface area (Å²) in [5.74, 6) is 7.11. The zero-order valence-electron chi connectivity index (χ0n) is 42.0. The molecule has 0 aliphatic rings. The summed E-state index contributed by atoms with van der Waals surface area (Å²) >= 11 is 12.6. The molecular weight excluding hydrogens is 944 g/mol. The second kappa shape index (κ2) is 35.1. The predicted molar refractivity (Wildman–Crippen MR) is 309 cm³/mol. The van der Waals surface area contributed by atoms with Crippen molar-refractivity contribution in [1.29, 1.82) is 0 Å². The van der Waals surface area contributed by atoms with Crippen molar-refractivity contribution in [3.05, 3.63) is 36.4 Å². The van der Waals surface area contributed by atoms with Gasteiger partial charge < -0.3 is 9.79 Å². The molecule has 10 heteroatoms. The smallest absolute Gasteiger partial charge is 0.324 e. The van der Waals surface area contributed by atoms with Gasteiger partial charge in [0.05, 0.1) is 0 Å². The lowest BCUT2D eigenvalue weighted by Crippen LogP contribution is -1.93. The molecule has 0 bridgehead atoms. The highest BCUT2D eigenvalue weighted by Crippen LogP contribution is 2.47. The first-order valence-electron chi connectivity index (χ1n) is 26.6. The van der Waals surface area contributed by atoms with Crippen LogP contribution in [-0.4, -0.2) is 50.5 Å². The maximum absolute atomic E-state index is 11.0. The lowest BCUT2D eigenvalue weighted by molar-refractivity contribution is 0.370. The number of unbranched alkanes of at least 4 members (excludes halogenated alkanes) is 20. The van der Waals surface area contributed by atoms with Crippen molar-refractivity contribution >= 4 is 110 Å². The highest BCUT2D eigenvalue weighted by atomic mass is 32.2. The summed E-state index contributed by atoms with van der Waals surface area (Å²) in [5, 5.41) is 8.69. The number of hydrogen-bond acceptors (Lipinski definition) is 7. The van der Waals surface area contributed by atoms with Gasteiger partial charge in [0.15, 0.2) is 0 Å². The standard InChI is InChI=1S/C56H89O3PS6/c1-6-11-33-61-51-39-45-46-40-52(62-34-12-7-2)54(64-36-14-9-4)42-48(46)50-44-56(55(65-37-15-10-5)43-49(50)47(45)41-53(51)63-35-13-8-3)66-38-31-29-27-25-23-21-19-17-16-18-20-22-24-26-28-30-32-60(57,58)59/h39-44H,6-38H2,1-5H3,(H2,57,58,59). The van der Waals surface area contributed by atoms with Crippen molar-refractivity contribution in [2.75, 3.05) is 40.7 Å². The third kappa shape index (κ3) is 21.7. The second-order valence-electron chi connectivity index (χ2n) is 18.4. The van der Waals surface area contributed by atoms with Crippen LogP contribution in [0.5, 0.6) is 0 Å². The molecule has 3 nitrogen and oxygen atoms in total. The zero-order valence-corrected chi connectivity index (χ0v) is 47.8. The van der Waals surface area contributed by atoms with Crippen LogP contribution in [0.4, 0.5) is 0 Å². The van der Waals surface area contributed by atoms with Gasteiger partial charge in [-0.2, -0.15) is 0 Å². The van der Waals surface area contributed by atoms with Crippen molar-refractivity contribution in [2.24, 2.45) is 0 Å². The molecule has 0 unspecified atom stereocenters. The van der Waals surface area contributed by atoms with Gasteiger partial charge >= 0.3 is 7.60 Å². The number of thioether (sulfide) groups is 6. The van der Waals surface area contributed by atoms with Crippen molar-refractivity contribution < 1.29 is 14.4 Å². The van der Waals surface area contributed by atoms with E-state index in [0.717, 1.165) is 12.8 Å². The van der Waals surface area contributed by atoms with Gasteiger partial charge in [-0.1, -0.05) is 157 Å². The molecule has 4 rings (SSSR count). The van der Waals surface area contributed by atoms with E-state index in [-0.39, 0.29) is 6.16 Å². The summed E-state index contributed by atoms with van der Waals surface area (Å²) in [4.78, 5) is 26.9. The Labute approximate surface area is 429 Å². The molecule has 0 atom stereocenters. The van der Waals surface area contributed by atoms with E-state index in [1.54, 1.807) is 0 Å². The van der Waals surface area contributed by atoms with E-state index in [1.807, 2.05) is 0 Å². The third-order valence-corrected chi connectivity index (χ3v) is 20.6. The quantitative estimate of drug-likeness (QED) is 0.0196. The van der Waals surface area contributed by atoms with Crippen molar-refractivity contribution in [3.63, 3.8) is 0 Å². The summed E-state index contributed by atoms with van der Waals surface area (Å²) in [6.07, 6.45) is 32.5. The fraction of sp³-hybridized carbons (Fsp3) is 0.679. The van der Waals surface area contributed by atoms with Crippen LogP contribution in [0.1, 0.15) is 202 Å². The number of rotatable bonds is 40. The average Bonchev–Trinajstić information content (AvgIpc) is 3.30. The molecule has 0 fully saturated rings. The molecule has 0 saturated carbocycles. The summed E-state index contributed by atoms with van der Waals surface area (Å²) in [7, 11) is -3.81. The van der Waals surface area contributed by atoms with Crippen molar-refractivity contribution in [2.45, 2.75) is 231 Å². The molecule has 66 heavy (non-hydrogen) atoms. The fourth-order valence-corrected chi connectivity index (χ4v) is 16.3. The topological polar surface area (TPSA) is 57.5 Å². The molecular formula is C56H89O3PS6. The van der Waals surface area contributed by atoms with Crippen molar-refractivity contribution in [1.82, 2.24) is 0 Å². The van der Waals surface area contributed by atoms with Crippen molar-refractivity contribution in [3.8, 4) is 0 Å². The van der Waals surface area contributed by atoms with E-state index in [9.17, 15) is 4.57 Å². The predicted octanol–water partition coefficient (Wildman–Crippen LogP) is 21.1. The molecule has 0 aromatic heterocycles. The first-order valence-corrected chi connectivity index (χ1v) is 34.3. The lowest BCUT2D eigenvalue weighted by Gasteiger charge is -2.19. The van der Waals surface area contributed by atoms with Gasteiger partial charge in [0, 0.05) is 35.5 Å². The van der Waals surface area contributed by atoms with Crippen LogP contribution in [0.3, 0.4) is 0 Å². The summed E-state index contributed by atoms with van der Waals surface area (Å²) in [6, 6.07) is 15.7. The minimum atomic E-state index is -3.81. The Morgan fingerprint density at radius 2 is 0.485 bits per heavy atom. The lowest BCUT2D eigenvalue weighted by atomic mass is 9.94. The Balaban J connectivity index is 1.50. The number of fused-ring (bicyclic) bond motifs is 6. The van der Waals surface area contributed by atoms with Crippen LogP contribution >= 0.6 is 78.2 Å². The van der Waals surface area contributed by atoms with E-state index in [2.05, 4.69) is 142 Å². The first-order chi connectivity index (χ1) is 32.2. The van der Waals surface area contributed by atoms with Crippen LogP contribution in [0.25, 0.3) is 32.3 Å². The van der Waals surface area contributed by atoms with E-state index in [0.29, 0.717) is 6.42 Å². The minimum Gasteiger partial charge on any atom is -0.324 e. The monoisotopic (exact) mass is 1030 g/mol. The molecule has 0 aliphatic heterocycles. The molecule has 0 spiro atoms. The Bertz CT molecular complexity index is 1950. The SMILES string of the molecule is CCCCSc1cc2c3cc(SCCCC)c(SCCCC)cc3c3cc(SCCCCCCCCCCCCCCCCCCP(=O)(O)O)c(SCCCC)cc3c2cc1SCCCC. The highest BCUT2D eigenvalue weighted by Gasteiger charge is 2.19. The summed E-state index contributed by atoms with van der Waals surface area (Å²) < 4.78 is 11.0. The molecule has 0 heterocycles. The average molecular weight is 1030 g/mol. The maximum atomic E-state index is 11.0. The zero-order chi connectivity index (χ0) is 47.2. The molecule has 0 radical (unpaired) electrons. The normalized spacial score (nSPS) is 12.2. The Morgan fingerprint density at radius 1 is 0.303 bits per heavy atom. The molecule has 4 aromatic rings. The Hall–Kier alpha value is -0.0900. The van der Waals surface area contributed by atoms with E-state index >= 15 is 0 Å². The molecule has 372 valence electrons. The first kappa shape index (κ1) is 58.5. The van der Waals surface area contributed by atoms with E-state index < -0.39 is 7.60 Å². The van der Waals surface area contributed by atoms with Gasteiger partial charge in [-0.15, -0.1) is 70.6 Å². The molecule has 2 N–H and O–H groups in total. The maximum Gasteiger partial charge on any atom is 0.325 e. The van der Waals surface area contributed by atoms with Gasteiger partial charge in [0.25, 0.3) is 0 Å². The van der Waals surface area contributed by atoms with Crippen LogP contribution in [0, 0.1) is 0 Å². The van der Waals surface area contributed by atoms with E-state index in [1.165, 1.54) is 244 Å². The molecule has 0 saturated heterocycles. The van der Waals surface area contributed by atoms with Crippen LogP contribution < -0.4 is 0 Å². The Kier molecular flexibility index (Phi) is 31.1. The van der Waals surface area contributed by atoms with Crippen LogP contribution in [-0.2, 0) is 4.57 Å². The second-order valence-corrected chi connectivity index (χ2v) is 27.0. The Morgan fingerprint density at radius 3 is 0.682 bits per heavy atom. The van der Waals surface area contributed by atoms with Gasteiger partial charge in [-0.05, 0) is 148 Å². The molecule has 4 aromatic carbocycles. The number of hydrogen-bond donors (Lipinski definition) is 2. The minimum absolute atomic E-state index is 0.0473. The third-order valence-electron chi connectivity index (χ3n) is 12.5. The van der Waals surface area contributed by atoms with Crippen LogP contribution in [0.15, 0.2) is 65.8 Å². The highest BCUT2D eigenvalue weighted by molar-refractivity contribution is 8.03. The van der Waals surface area contributed by atoms with Crippen LogP contribution in [0.2, 0.25) is 0 Å². The molecule has 0 amide bonds. The van der Waals surface area contributed by atoms with E-state index in [4.69, 9.17) is 9.79 Å². The summed E-state index contributed by atoms with van der Waals surface area (Å²) in [6.45, 7) is 11.6. The molecule has 0 aliphatic carbocycles. The van der Waals surface area contributed by atoms with Gasteiger partial charge in [-0.25, -0.2) is 0 Å². The summed E-state index contributed by atoms with van der Waals surface area (Å²) in [5.41, 5.74) is 0. The van der Waals surface area contributed by atoms with Gasteiger partial charge in [-0.3, -0.25) is 4.57 Å². The largest absolute Gasteiger partial charge is 0.325 e.